The van der Waals surface area contributed by atoms with Gasteiger partial charge in [-0.15, -0.1) is 0 Å². The van der Waals surface area contributed by atoms with Crippen molar-refractivity contribution < 1.29 is 4.79 Å². The molecule has 1 amide bonds. The van der Waals surface area contributed by atoms with E-state index in [2.05, 4.69) is 58.6 Å². The Kier molecular flexibility index (Phi) is 6.06. The van der Waals surface area contributed by atoms with Crippen molar-refractivity contribution in [3.05, 3.63) is 89.2 Å². The molecule has 4 rings (SSSR count). The van der Waals surface area contributed by atoms with E-state index in [1.165, 1.54) is 16.7 Å². The Hall–Kier alpha value is -2.92. The number of benzene rings is 2. The molecule has 1 aliphatic rings. The van der Waals surface area contributed by atoms with Crippen LogP contribution in [0.15, 0.2) is 67.0 Å². The number of likely N-dealkylation sites (tertiary alicyclic amines) is 1. The molecule has 2 heterocycles. The fraction of sp³-hybridized carbons (Fsp3) is 0.333. The number of amides is 1. The van der Waals surface area contributed by atoms with Crippen LogP contribution in [0.3, 0.4) is 0 Å². The van der Waals surface area contributed by atoms with E-state index in [9.17, 15) is 4.79 Å². The Morgan fingerprint density at radius 1 is 1.03 bits per heavy atom. The molecule has 5 nitrogen and oxygen atoms in total. The van der Waals surface area contributed by atoms with Crippen LogP contribution in [0.2, 0.25) is 0 Å². The average Bonchev–Trinajstić information content (AvgIpc) is 3.20. The Bertz CT molecular complexity index is 942. The highest BCUT2D eigenvalue weighted by molar-refractivity contribution is 5.93. The highest BCUT2D eigenvalue weighted by Gasteiger charge is 2.22. The number of hydrogen-bond donors (Lipinski definition) is 1. The molecule has 3 aromatic rings. The molecule has 0 saturated carbocycles. The summed E-state index contributed by atoms with van der Waals surface area (Å²) in [6, 6.07) is 18.9. The van der Waals surface area contributed by atoms with Crippen molar-refractivity contribution in [3.63, 3.8) is 0 Å². The monoisotopic (exact) mass is 388 g/mol. The van der Waals surface area contributed by atoms with Crippen LogP contribution in [0.1, 0.15) is 39.9 Å². The van der Waals surface area contributed by atoms with Crippen LogP contribution >= 0.6 is 0 Å². The first-order valence-corrected chi connectivity index (χ1v) is 10.3. The van der Waals surface area contributed by atoms with Gasteiger partial charge in [0.25, 0.3) is 5.91 Å². The van der Waals surface area contributed by atoms with Gasteiger partial charge in [0, 0.05) is 31.9 Å². The molecule has 0 aliphatic carbocycles. The zero-order valence-electron chi connectivity index (χ0n) is 16.9. The first kappa shape index (κ1) is 19.4. The van der Waals surface area contributed by atoms with Crippen LogP contribution in [-0.4, -0.2) is 39.7 Å². The second-order valence-electron chi connectivity index (χ2n) is 7.86. The molecule has 1 fully saturated rings. The van der Waals surface area contributed by atoms with Crippen molar-refractivity contribution in [3.8, 4) is 0 Å². The minimum absolute atomic E-state index is 0.0262. The van der Waals surface area contributed by atoms with E-state index in [0.717, 1.165) is 32.5 Å². The number of carbonyl (C=O) groups is 1. The summed E-state index contributed by atoms with van der Waals surface area (Å²) in [4.78, 5) is 15.1. The Morgan fingerprint density at radius 2 is 1.76 bits per heavy atom. The van der Waals surface area contributed by atoms with Gasteiger partial charge in [-0.25, -0.2) is 0 Å². The molecule has 0 bridgehead atoms. The van der Waals surface area contributed by atoms with Crippen LogP contribution in [0.4, 0.5) is 0 Å². The Morgan fingerprint density at radius 3 is 2.52 bits per heavy atom. The number of nitrogens with zero attached hydrogens (tertiary/aromatic N) is 3. The summed E-state index contributed by atoms with van der Waals surface area (Å²) in [7, 11) is 0. The molecule has 5 heteroatoms. The lowest BCUT2D eigenvalue weighted by Crippen LogP contribution is -2.44. The van der Waals surface area contributed by atoms with E-state index >= 15 is 0 Å². The molecule has 150 valence electrons. The maximum Gasteiger partial charge on any atom is 0.254 e. The Balaban J connectivity index is 1.26. The molecule has 1 aliphatic heterocycles. The number of hydrogen-bond acceptors (Lipinski definition) is 3. The summed E-state index contributed by atoms with van der Waals surface area (Å²) in [6.45, 7) is 5.84. The third kappa shape index (κ3) is 5.12. The van der Waals surface area contributed by atoms with Crippen molar-refractivity contribution in [2.45, 2.75) is 38.9 Å². The van der Waals surface area contributed by atoms with Gasteiger partial charge in [0.1, 0.15) is 0 Å². The molecule has 0 unspecified atom stereocenters. The number of aryl methyl sites for hydroxylation is 1. The van der Waals surface area contributed by atoms with Gasteiger partial charge in [-0.3, -0.25) is 14.4 Å². The number of carbonyl (C=O) groups excluding carboxylic acids is 1. The van der Waals surface area contributed by atoms with E-state index in [1.54, 1.807) is 6.20 Å². The van der Waals surface area contributed by atoms with E-state index in [4.69, 9.17) is 0 Å². The summed E-state index contributed by atoms with van der Waals surface area (Å²) in [5, 5.41) is 7.53. The van der Waals surface area contributed by atoms with Gasteiger partial charge in [0.2, 0.25) is 0 Å². The lowest BCUT2D eigenvalue weighted by Gasteiger charge is -2.32. The van der Waals surface area contributed by atoms with Crippen LogP contribution in [-0.2, 0) is 13.1 Å². The lowest BCUT2D eigenvalue weighted by molar-refractivity contribution is 0.0909. The second kappa shape index (κ2) is 9.05. The van der Waals surface area contributed by atoms with Crippen molar-refractivity contribution in [1.29, 1.82) is 0 Å². The van der Waals surface area contributed by atoms with Crippen LogP contribution in [0.5, 0.6) is 0 Å². The standard InChI is InChI=1S/C24H28N4O/c1-19-7-5-6-10-21(19)17-27-13-11-23(12-14-27)26-24(29)22-15-25-28(18-22)16-20-8-3-2-4-9-20/h2-10,15,18,23H,11-14,16-17H2,1H3,(H,26,29). The summed E-state index contributed by atoms with van der Waals surface area (Å²) >= 11 is 0. The summed E-state index contributed by atoms with van der Waals surface area (Å²) in [5.41, 5.74) is 4.53. The minimum Gasteiger partial charge on any atom is -0.349 e. The zero-order valence-corrected chi connectivity index (χ0v) is 16.9. The van der Waals surface area contributed by atoms with Gasteiger partial charge < -0.3 is 5.32 Å². The maximum absolute atomic E-state index is 12.6. The molecule has 0 atom stereocenters. The number of nitrogens with one attached hydrogen (secondary N) is 1. The maximum atomic E-state index is 12.6. The van der Waals surface area contributed by atoms with Gasteiger partial charge in [-0.05, 0) is 36.5 Å². The van der Waals surface area contributed by atoms with Gasteiger partial charge in [-0.2, -0.15) is 5.10 Å². The number of aromatic nitrogens is 2. The molecule has 0 radical (unpaired) electrons. The van der Waals surface area contributed by atoms with E-state index in [-0.39, 0.29) is 11.9 Å². The molecule has 1 aromatic heterocycles. The van der Waals surface area contributed by atoms with E-state index in [0.29, 0.717) is 12.1 Å². The minimum atomic E-state index is -0.0262. The van der Waals surface area contributed by atoms with Crippen LogP contribution in [0.25, 0.3) is 0 Å². The third-order valence-corrected chi connectivity index (χ3v) is 5.66. The van der Waals surface area contributed by atoms with E-state index < -0.39 is 0 Å². The molecular formula is C24H28N4O. The smallest absolute Gasteiger partial charge is 0.254 e. The van der Waals surface area contributed by atoms with Gasteiger partial charge in [0.15, 0.2) is 0 Å². The predicted molar refractivity (Wildman–Crippen MR) is 115 cm³/mol. The summed E-state index contributed by atoms with van der Waals surface area (Å²) < 4.78 is 1.81. The molecule has 2 aromatic carbocycles. The largest absolute Gasteiger partial charge is 0.349 e. The van der Waals surface area contributed by atoms with Crippen LogP contribution < -0.4 is 5.32 Å². The topological polar surface area (TPSA) is 50.2 Å². The lowest BCUT2D eigenvalue weighted by atomic mass is 10.0. The molecular weight excluding hydrogens is 360 g/mol. The highest BCUT2D eigenvalue weighted by Crippen LogP contribution is 2.16. The molecule has 29 heavy (non-hydrogen) atoms. The van der Waals surface area contributed by atoms with Gasteiger partial charge >= 0.3 is 0 Å². The van der Waals surface area contributed by atoms with Gasteiger partial charge in [0.05, 0.1) is 18.3 Å². The molecule has 1 saturated heterocycles. The van der Waals surface area contributed by atoms with Crippen molar-refractivity contribution in [2.75, 3.05) is 13.1 Å². The average molecular weight is 389 g/mol. The molecule has 1 N–H and O–H groups in total. The second-order valence-corrected chi connectivity index (χ2v) is 7.86. The van der Waals surface area contributed by atoms with Crippen molar-refractivity contribution in [2.24, 2.45) is 0 Å². The van der Waals surface area contributed by atoms with Crippen molar-refractivity contribution >= 4 is 5.91 Å². The number of piperidine rings is 1. The van der Waals surface area contributed by atoms with Crippen LogP contribution in [0, 0.1) is 6.92 Å². The normalized spacial score (nSPS) is 15.3. The van der Waals surface area contributed by atoms with Crippen molar-refractivity contribution in [1.82, 2.24) is 20.0 Å². The highest BCUT2D eigenvalue weighted by atomic mass is 16.1. The SMILES string of the molecule is Cc1ccccc1CN1CCC(NC(=O)c2cnn(Cc3ccccc3)c2)CC1. The number of rotatable bonds is 6. The fourth-order valence-corrected chi connectivity index (χ4v) is 3.87. The first-order chi connectivity index (χ1) is 14.2. The predicted octanol–water partition coefficient (Wildman–Crippen LogP) is 3.63. The first-order valence-electron chi connectivity index (χ1n) is 10.3. The fourth-order valence-electron chi connectivity index (χ4n) is 3.87. The zero-order chi connectivity index (χ0) is 20.1. The van der Waals surface area contributed by atoms with E-state index in [1.807, 2.05) is 29.1 Å². The third-order valence-electron chi connectivity index (χ3n) is 5.66. The summed E-state index contributed by atoms with van der Waals surface area (Å²) in [5.74, 6) is -0.0262. The van der Waals surface area contributed by atoms with Gasteiger partial charge in [-0.1, -0.05) is 54.6 Å². The summed E-state index contributed by atoms with van der Waals surface area (Å²) in [6.07, 6.45) is 5.45. The quantitative estimate of drug-likeness (QED) is 0.701. The Labute approximate surface area is 172 Å². The molecule has 0 spiro atoms.